The summed E-state index contributed by atoms with van der Waals surface area (Å²) in [4.78, 5) is 11.6. The molecule has 112 valence electrons. The van der Waals surface area contributed by atoms with E-state index in [-0.39, 0.29) is 13.1 Å². The van der Waals surface area contributed by atoms with Crippen molar-refractivity contribution < 1.29 is 22.4 Å². The van der Waals surface area contributed by atoms with Crippen LogP contribution in [0.1, 0.15) is 11.3 Å². The number of nitrogens with one attached hydrogen (secondary N) is 1. The number of rotatable bonds is 4. The molecule has 4 nitrogen and oxygen atoms in total. The average molecular weight is 301 g/mol. The monoisotopic (exact) mass is 301 g/mol. The molecule has 0 fully saturated rings. The SMILES string of the molecule is O=C(Cn1ccc(C(F)(F)F)n1)NCc1ccccc1F. The van der Waals surface area contributed by atoms with Crippen molar-refractivity contribution in [1.29, 1.82) is 0 Å². The smallest absolute Gasteiger partial charge is 0.350 e. The second-order valence-electron chi connectivity index (χ2n) is 4.26. The van der Waals surface area contributed by atoms with Crippen LogP contribution in [0.15, 0.2) is 36.5 Å². The molecule has 0 saturated heterocycles. The van der Waals surface area contributed by atoms with Gasteiger partial charge >= 0.3 is 6.18 Å². The molecule has 1 N–H and O–H groups in total. The predicted molar refractivity (Wildman–Crippen MR) is 65.5 cm³/mol. The van der Waals surface area contributed by atoms with E-state index in [0.717, 1.165) is 16.9 Å². The fourth-order valence-corrected chi connectivity index (χ4v) is 1.64. The summed E-state index contributed by atoms with van der Waals surface area (Å²) in [6, 6.07) is 6.68. The highest BCUT2D eigenvalue weighted by Crippen LogP contribution is 2.27. The minimum Gasteiger partial charge on any atom is -0.350 e. The van der Waals surface area contributed by atoms with Gasteiger partial charge < -0.3 is 5.32 Å². The van der Waals surface area contributed by atoms with E-state index in [1.165, 1.54) is 18.2 Å². The Bertz CT molecular complexity index is 636. The van der Waals surface area contributed by atoms with Crippen LogP contribution in [-0.4, -0.2) is 15.7 Å². The van der Waals surface area contributed by atoms with Crippen molar-refractivity contribution in [3.05, 3.63) is 53.6 Å². The van der Waals surface area contributed by atoms with Crippen LogP contribution in [0.3, 0.4) is 0 Å². The molecule has 1 aromatic heterocycles. The summed E-state index contributed by atoms with van der Waals surface area (Å²) in [5.41, 5.74) is -0.772. The molecule has 0 spiro atoms. The number of benzene rings is 1. The number of aromatic nitrogens is 2. The Labute approximate surface area is 117 Å². The number of halogens is 4. The quantitative estimate of drug-likeness (QED) is 0.881. The second kappa shape index (κ2) is 5.94. The fraction of sp³-hybridized carbons (Fsp3) is 0.231. The highest BCUT2D eigenvalue weighted by atomic mass is 19.4. The summed E-state index contributed by atoms with van der Waals surface area (Å²) >= 11 is 0. The third kappa shape index (κ3) is 4.04. The molecule has 0 aliphatic carbocycles. The molecule has 2 aromatic rings. The molecule has 0 aliphatic heterocycles. The molecule has 1 aromatic carbocycles. The van der Waals surface area contributed by atoms with Crippen LogP contribution in [0, 0.1) is 5.82 Å². The van der Waals surface area contributed by atoms with Crippen LogP contribution in [-0.2, 0) is 24.1 Å². The van der Waals surface area contributed by atoms with E-state index in [9.17, 15) is 22.4 Å². The lowest BCUT2D eigenvalue weighted by Gasteiger charge is -2.06. The van der Waals surface area contributed by atoms with Crippen molar-refractivity contribution in [1.82, 2.24) is 15.1 Å². The Balaban J connectivity index is 1.90. The van der Waals surface area contributed by atoms with E-state index < -0.39 is 23.6 Å². The number of hydrogen-bond acceptors (Lipinski definition) is 2. The molecule has 21 heavy (non-hydrogen) atoms. The number of nitrogens with zero attached hydrogens (tertiary/aromatic N) is 2. The second-order valence-corrected chi connectivity index (χ2v) is 4.26. The Morgan fingerprint density at radius 2 is 1.95 bits per heavy atom. The molecule has 0 aliphatic rings. The normalized spacial score (nSPS) is 11.4. The predicted octanol–water partition coefficient (Wildman–Crippen LogP) is 2.36. The number of hydrogen-bond donors (Lipinski definition) is 1. The van der Waals surface area contributed by atoms with Gasteiger partial charge in [0, 0.05) is 18.3 Å². The van der Waals surface area contributed by atoms with Gasteiger partial charge in [0.15, 0.2) is 5.69 Å². The first kappa shape index (κ1) is 15.0. The van der Waals surface area contributed by atoms with Crippen molar-refractivity contribution in [3.63, 3.8) is 0 Å². The largest absolute Gasteiger partial charge is 0.435 e. The van der Waals surface area contributed by atoms with Gasteiger partial charge in [-0.15, -0.1) is 0 Å². The van der Waals surface area contributed by atoms with Gasteiger partial charge in [-0.05, 0) is 12.1 Å². The Kier molecular flexibility index (Phi) is 4.25. The van der Waals surface area contributed by atoms with Crippen LogP contribution < -0.4 is 5.32 Å². The van der Waals surface area contributed by atoms with Gasteiger partial charge in [-0.3, -0.25) is 9.48 Å². The molecule has 0 radical (unpaired) electrons. The van der Waals surface area contributed by atoms with Gasteiger partial charge in [0.25, 0.3) is 0 Å². The van der Waals surface area contributed by atoms with E-state index >= 15 is 0 Å². The van der Waals surface area contributed by atoms with E-state index in [1.807, 2.05) is 0 Å². The fourth-order valence-electron chi connectivity index (χ4n) is 1.64. The highest BCUT2D eigenvalue weighted by molar-refractivity contribution is 5.75. The zero-order valence-corrected chi connectivity index (χ0v) is 10.7. The lowest BCUT2D eigenvalue weighted by molar-refractivity contribution is -0.141. The maximum atomic E-state index is 13.3. The lowest BCUT2D eigenvalue weighted by atomic mass is 10.2. The van der Waals surface area contributed by atoms with Crippen molar-refractivity contribution in [3.8, 4) is 0 Å². The molecule has 1 heterocycles. The number of alkyl halides is 3. The highest BCUT2D eigenvalue weighted by Gasteiger charge is 2.33. The zero-order valence-electron chi connectivity index (χ0n) is 10.7. The van der Waals surface area contributed by atoms with Crippen LogP contribution in [0.2, 0.25) is 0 Å². The van der Waals surface area contributed by atoms with Gasteiger partial charge in [0.1, 0.15) is 12.4 Å². The van der Waals surface area contributed by atoms with E-state index in [0.29, 0.717) is 5.56 Å². The Morgan fingerprint density at radius 1 is 1.24 bits per heavy atom. The molecular weight excluding hydrogens is 290 g/mol. The van der Waals surface area contributed by atoms with Crippen molar-refractivity contribution in [2.75, 3.05) is 0 Å². The topological polar surface area (TPSA) is 46.9 Å². The third-order valence-corrected chi connectivity index (χ3v) is 2.67. The van der Waals surface area contributed by atoms with Crippen molar-refractivity contribution >= 4 is 5.91 Å². The van der Waals surface area contributed by atoms with Gasteiger partial charge in [0.2, 0.25) is 5.91 Å². The molecule has 1 amide bonds. The lowest BCUT2D eigenvalue weighted by Crippen LogP contribution is -2.27. The summed E-state index contributed by atoms with van der Waals surface area (Å²) in [6.07, 6.45) is -3.49. The van der Waals surface area contributed by atoms with Gasteiger partial charge in [-0.1, -0.05) is 18.2 Å². The molecule has 0 saturated carbocycles. The molecule has 0 unspecified atom stereocenters. The third-order valence-electron chi connectivity index (χ3n) is 2.67. The van der Waals surface area contributed by atoms with Gasteiger partial charge in [-0.25, -0.2) is 4.39 Å². The molecule has 2 rings (SSSR count). The molecule has 0 atom stereocenters. The number of carbonyl (C=O) groups is 1. The number of amides is 1. The summed E-state index contributed by atoms with van der Waals surface area (Å²) in [6.45, 7) is -0.413. The van der Waals surface area contributed by atoms with Crippen molar-refractivity contribution in [2.45, 2.75) is 19.3 Å². The zero-order chi connectivity index (χ0) is 15.5. The molecular formula is C13H11F4N3O. The van der Waals surface area contributed by atoms with E-state index in [2.05, 4.69) is 10.4 Å². The summed E-state index contributed by atoms with van der Waals surface area (Å²) < 4.78 is 51.2. The first-order valence-corrected chi connectivity index (χ1v) is 5.97. The van der Waals surface area contributed by atoms with Crippen molar-refractivity contribution in [2.24, 2.45) is 0 Å². The Hall–Kier alpha value is -2.38. The summed E-state index contributed by atoms with van der Waals surface area (Å²) in [5, 5.41) is 5.67. The molecule has 0 bridgehead atoms. The van der Waals surface area contributed by atoms with E-state index in [1.54, 1.807) is 6.07 Å². The van der Waals surface area contributed by atoms with E-state index in [4.69, 9.17) is 0 Å². The van der Waals surface area contributed by atoms with Crippen LogP contribution >= 0.6 is 0 Å². The average Bonchev–Trinajstić information content (AvgIpc) is 2.86. The maximum absolute atomic E-state index is 13.3. The van der Waals surface area contributed by atoms with Crippen LogP contribution in [0.5, 0.6) is 0 Å². The first-order valence-electron chi connectivity index (χ1n) is 5.97. The van der Waals surface area contributed by atoms with Gasteiger partial charge in [-0.2, -0.15) is 18.3 Å². The minimum atomic E-state index is -4.55. The summed E-state index contributed by atoms with van der Waals surface area (Å²) in [7, 11) is 0. The maximum Gasteiger partial charge on any atom is 0.435 e. The first-order chi connectivity index (χ1) is 9.86. The van der Waals surface area contributed by atoms with Crippen LogP contribution in [0.25, 0.3) is 0 Å². The van der Waals surface area contributed by atoms with Gasteiger partial charge in [0.05, 0.1) is 0 Å². The standard InChI is InChI=1S/C13H11F4N3O/c14-10-4-2-1-3-9(10)7-18-12(21)8-20-6-5-11(19-20)13(15,16)17/h1-6H,7-8H2,(H,18,21). The Morgan fingerprint density at radius 3 is 2.57 bits per heavy atom. The summed E-state index contributed by atoms with van der Waals surface area (Å²) in [5.74, 6) is -1.02. The van der Waals surface area contributed by atoms with Crippen LogP contribution in [0.4, 0.5) is 17.6 Å². The molecule has 8 heteroatoms. The number of carbonyl (C=O) groups excluding carboxylic acids is 1. The minimum absolute atomic E-state index is 0.0428.